The molecular weight excluding hydrogens is 278 g/mol. The average molecular weight is 297 g/mol. The number of esters is 1. The Labute approximate surface area is 121 Å². The molecule has 1 saturated carbocycles. The Morgan fingerprint density at radius 2 is 2.10 bits per heavy atom. The first-order valence-corrected chi connectivity index (χ1v) is 7.24. The van der Waals surface area contributed by atoms with Gasteiger partial charge in [-0.05, 0) is 18.3 Å². The van der Waals surface area contributed by atoms with E-state index in [1.54, 1.807) is 0 Å². The predicted octanol–water partition coefficient (Wildman–Crippen LogP) is 1.82. The number of rotatable bonds is 5. The zero-order valence-corrected chi connectivity index (χ0v) is 12.4. The van der Waals surface area contributed by atoms with Crippen molar-refractivity contribution in [2.24, 2.45) is 11.1 Å². The quantitative estimate of drug-likeness (QED) is 0.718. The van der Waals surface area contributed by atoms with Crippen LogP contribution >= 0.6 is 11.3 Å². The smallest absolute Gasteiger partial charge is 0.343 e. The molecule has 7 heteroatoms. The zero-order valence-electron chi connectivity index (χ0n) is 11.6. The van der Waals surface area contributed by atoms with Gasteiger partial charge in [0, 0.05) is 6.54 Å². The van der Waals surface area contributed by atoms with Crippen LogP contribution in [0.15, 0.2) is 0 Å². The van der Waals surface area contributed by atoms with Gasteiger partial charge >= 0.3 is 5.97 Å². The zero-order chi connectivity index (χ0) is 14.9. The van der Waals surface area contributed by atoms with Crippen LogP contribution in [0.3, 0.4) is 0 Å². The van der Waals surface area contributed by atoms with E-state index in [1.807, 2.05) is 0 Å². The maximum absolute atomic E-state index is 11.8. The molecule has 0 radical (unpaired) electrons. The molecule has 1 aliphatic carbocycles. The number of carbonyl (C=O) groups excluding carboxylic acids is 2. The van der Waals surface area contributed by atoms with Gasteiger partial charge in [0.05, 0.1) is 12.8 Å². The van der Waals surface area contributed by atoms with E-state index in [1.165, 1.54) is 13.5 Å². The van der Waals surface area contributed by atoms with Gasteiger partial charge in [-0.2, -0.15) is 0 Å². The molecule has 110 valence electrons. The fraction of sp³-hybridized carbons (Fsp3) is 0.538. The Morgan fingerprint density at radius 1 is 1.45 bits per heavy atom. The van der Waals surface area contributed by atoms with Gasteiger partial charge in [-0.3, -0.25) is 4.79 Å². The Hall–Kier alpha value is -1.76. The van der Waals surface area contributed by atoms with Gasteiger partial charge in [-0.25, -0.2) is 4.79 Å². The molecule has 0 bridgehead atoms. The van der Waals surface area contributed by atoms with Crippen molar-refractivity contribution in [2.45, 2.75) is 26.2 Å². The molecule has 0 aliphatic heterocycles. The van der Waals surface area contributed by atoms with Crippen LogP contribution in [0, 0.1) is 5.41 Å². The summed E-state index contributed by atoms with van der Waals surface area (Å²) in [6, 6.07) is 0. The summed E-state index contributed by atoms with van der Waals surface area (Å²) in [5.74, 6) is -1.20. The second kappa shape index (κ2) is 5.32. The van der Waals surface area contributed by atoms with E-state index >= 15 is 0 Å². The Kier molecular flexibility index (Phi) is 3.89. The minimum absolute atomic E-state index is 0.0932. The summed E-state index contributed by atoms with van der Waals surface area (Å²) in [5, 5.41) is 3.77. The van der Waals surface area contributed by atoms with Gasteiger partial charge in [0.15, 0.2) is 0 Å². The number of anilines is 2. The van der Waals surface area contributed by atoms with E-state index in [2.05, 4.69) is 12.2 Å². The number of nitrogens with two attached hydrogens (primary N) is 2. The first kappa shape index (κ1) is 14.6. The molecule has 0 unspecified atom stereocenters. The molecule has 5 N–H and O–H groups in total. The van der Waals surface area contributed by atoms with Gasteiger partial charge in [-0.1, -0.05) is 13.3 Å². The third-order valence-corrected chi connectivity index (χ3v) is 4.97. The highest BCUT2D eigenvalue weighted by molar-refractivity contribution is 7.19. The number of nitrogen functional groups attached to an aromatic ring is 1. The number of hydrogen-bond donors (Lipinski definition) is 3. The van der Waals surface area contributed by atoms with E-state index in [-0.39, 0.29) is 21.5 Å². The Morgan fingerprint density at radius 3 is 2.55 bits per heavy atom. The molecule has 0 spiro atoms. The lowest BCUT2D eigenvalue weighted by atomic mass is 9.70. The molecule has 1 aromatic heterocycles. The van der Waals surface area contributed by atoms with E-state index in [0.717, 1.165) is 30.7 Å². The van der Waals surface area contributed by atoms with Crippen molar-refractivity contribution in [3.63, 3.8) is 0 Å². The van der Waals surface area contributed by atoms with E-state index < -0.39 is 11.9 Å². The molecule has 0 aromatic carbocycles. The van der Waals surface area contributed by atoms with E-state index in [0.29, 0.717) is 5.00 Å². The number of amides is 1. The number of methoxy groups -OCH3 is 1. The molecule has 1 amide bonds. The number of carbonyl (C=O) groups is 2. The van der Waals surface area contributed by atoms with Crippen LogP contribution in [-0.2, 0) is 4.74 Å². The molecule has 1 heterocycles. The van der Waals surface area contributed by atoms with Crippen molar-refractivity contribution in [3.05, 3.63) is 10.4 Å². The predicted molar refractivity (Wildman–Crippen MR) is 79.0 cm³/mol. The number of hydrogen-bond acceptors (Lipinski definition) is 6. The third-order valence-electron chi connectivity index (χ3n) is 3.79. The highest BCUT2D eigenvalue weighted by Gasteiger charge is 2.33. The van der Waals surface area contributed by atoms with Crippen LogP contribution in [0.2, 0.25) is 0 Å². The topological polar surface area (TPSA) is 107 Å². The largest absolute Gasteiger partial charge is 0.465 e. The summed E-state index contributed by atoms with van der Waals surface area (Å²) in [5.41, 5.74) is 11.6. The van der Waals surface area contributed by atoms with Crippen molar-refractivity contribution in [3.8, 4) is 0 Å². The average Bonchev–Trinajstić information content (AvgIpc) is 2.70. The first-order valence-electron chi connectivity index (χ1n) is 6.42. The SMILES string of the molecule is COC(=O)c1c(NCC2(C)CCC2)sc(C(N)=O)c1N. The molecule has 0 saturated heterocycles. The molecule has 1 aromatic rings. The highest BCUT2D eigenvalue weighted by Crippen LogP contribution is 2.42. The molecule has 6 nitrogen and oxygen atoms in total. The van der Waals surface area contributed by atoms with Crippen LogP contribution in [0.25, 0.3) is 0 Å². The highest BCUT2D eigenvalue weighted by atomic mass is 32.1. The van der Waals surface area contributed by atoms with Crippen molar-refractivity contribution in [2.75, 3.05) is 24.7 Å². The molecule has 1 aliphatic rings. The number of nitrogens with one attached hydrogen (secondary N) is 1. The monoisotopic (exact) mass is 297 g/mol. The summed E-state index contributed by atoms with van der Waals surface area (Å²) >= 11 is 1.10. The fourth-order valence-electron chi connectivity index (χ4n) is 2.31. The van der Waals surface area contributed by atoms with Gasteiger partial charge in [-0.15, -0.1) is 11.3 Å². The van der Waals surface area contributed by atoms with Gasteiger partial charge in [0.2, 0.25) is 0 Å². The Bertz CT molecular complexity index is 549. The van der Waals surface area contributed by atoms with Crippen LogP contribution in [-0.4, -0.2) is 25.5 Å². The third kappa shape index (κ3) is 2.58. The lowest BCUT2D eigenvalue weighted by molar-refractivity contribution is 0.0603. The second-order valence-corrected chi connectivity index (χ2v) is 6.44. The molecule has 2 rings (SSSR count). The second-order valence-electron chi connectivity index (χ2n) is 5.42. The van der Waals surface area contributed by atoms with E-state index in [9.17, 15) is 9.59 Å². The summed E-state index contributed by atoms with van der Waals surface area (Å²) < 4.78 is 4.72. The fourth-order valence-corrected chi connectivity index (χ4v) is 3.26. The summed E-state index contributed by atoms with van der Waals surface area (Å²) in [6.45, 7) is 2.92. The van der Waals surface area contributed by atoms with Crippen molar-refractivity contribution in [1.82, 2.24) is 0 Å². The molecular formula is C13H19N3O3S. The van der Waals surface area contributed by atoms with Crippen LogP contribution in [0.5, 0.6) is 0 Å². The summed E-state index contributed by atoms with van der Waals surface area (Å²) in [6.07, 6.45) is 3.52. The summed E-state index contributed by atoms with van der Waals surface area (Å²) in [4.78, 5) is 23.3. The molecule has 20 heavy (non-hydrogen) atoms. The number of primary amides is 1. The van der Waals surface area contributed by atoms with Crippen LogP contribution in [0.4, 0.5) is 10.7 Å². The minimum Gasteiger partial charge on any atom is -0.465 e. The minimum atomic E-state index is -0.638. The standard InChI is InChI=1S/C13H19N3O3S/c1-13(4-3-5-13)6-16-11-7(12(18)19-2)8(14)9(20-11)10(15)17/h16H,3-6,14H2,1-2H3,(H2,15,17). The molecule has 0 atom stereocenters. The normalized spacial score (nSPS) is 16.3. The lowest BCUT2D eigenvalue weighted by Crippen LogP contribution is -2.33. The maximum Gasteiger partial charge on any atom is 0.343 e. The van der Waals surface area contributed by atoms with Crippen molar-refractivity contribution < 1.29 is 14.3 Å². The number of ether oxygens (including phenoxy) is 1. The van der Waals surface area contributed by atoms with Crippen LogP contribution < -0.4 is 16.8 Å². The maximum atomic E-state index is 11.8. The molecule has 1 fully saturated rings. The van der Waals surface area contributed by atoms with Crippen LogP contribution in [0.1, 0.15) is 46.2 Å². The first-order chi connectivity index (χ1) is 9.38. The van der Waals surface area contributed by atoms with Gasteiger partial charge in [0.1, 0.15) is 15.4 Å². The van der Waals surface area contributed by atoms with Crippen molar-refractivity contribution >= 4 is 33.9 Å². The van der Waals surface area contributed by atoms with Crippen molar-refractivity contribution in [1.29, 1.82) is 0 Å². The van der Waals surface area contributed by atoms with Gasteiger partial charge in [0.25, 0.3) is 5.91 Å². The van der Waals surface area contributed by atoms with Gasteiger partial charge < -0.3 is 21.5 Å². The van der Waals surface area contributed by atoms with E-state index in [4.69, 9.17) is 16.2 Å². The lowest BCUT2D eigenvalue weighted by Gasteiger charge is -2.38. The Balaban J connectivity index is 2.27. The summed E-state index contributed by atoms with van der Waals surface area (Å²) in [7, 11) is 1.28. The number of thiophene rings is 1.